The molecule has 0 bridgehead atoms. The summed E-state index contributed by atoms with van der Waals surface area (Å²) in [6.07, 6.45) is 0.614. The third-order valence-electron chi connectivity index (χ3n) is 2.96. The molecular formula is C13H16FNO3. The van der Waals surface area contributed by atoms with E-state index in [-0.39, 0.29) is 17.2 Å². The summed E-state index contributed by atoms with van der Waals surface area (Å²) >= 11 is 0. The summed E-state index contributed by atoms with van der Waals surface area (Å²) in [5.74, 6) is -2.22. The van der Waals surface area contributed by atoms with E-state index >= 15 is 0 Å². The predicted octanol–water partition coefficient (Wildman–Crippen LogP) is 2.90. The molecule has 4 nitrogen and oxygen atoms in total. The number of benzene rings is 1. The van der Waals surface area contributed by atoms with Crippen molar-refractivity contribution in [2.45, 2.75) is 27.2 Å². The standard InChI is InChI=1S/C13H16FNO3/c1-4-13(2,3)12(18)15-10-6-5-8(14)7-9(10)11(16)17/h5-7H,4H2,1-3H3,(H,15,18)(H,16,17). The number of carboxylic acid groups (broad SMARTS) is 1. The van der Waals surface area contributed by atoms with E-state index in [0.717, 1.165) is 12.1 Å². The number of hydrogen-bond acceptors (Lipinski definition) is 2. The summed E-state index contributed by atoms with van der Waals surface area (Å²) in [7, 11) is 0. The molecule has 1 aromatic rings. The van der Waals surface area contributed by atoms with Gasteiger partial charge in [-0.1, -0.05) is 20.8 Å². The fraction of sp³-hybridized carbons (Fsp3) is 0.385. The summed E-state index contributed by atoms with van der Waals surface area (Å²) in [4.78, 5) is 22.9. The quantitative estimate of drug-likeness (QED) is 0.867. The van der Waals surface area contributed by atoms with Crippen molar-refractivity contribution in [3.05, 3.63) is 29.6 Å². The van der Waals surface area contributed by atoms with Crippen LogP contribution in [0.1, 0.15) is 37.6 Å². The minimum absolute atomic E-state index is 0.107. The number of carboxylic acids is 1. The van der Waals surface area contributed by atoms with Crippen LogP contribution in [0.15, 0.2) is 18.2 Å². The minimum Gasteiger partial charge on any atom is -0.478 e. The van der Waals surface area contributed by atoms with Crippen molar-refractivity contribution in [3.63, 3.8) is 0 Å². The molecule has 1 rings (SSSR count). The highest BCUT2D eigenvalue weighted by Crippen LogP contribution is 2.24. The number of aromatic carboxylic acids is 1. The lowest BCUT2D eigenvalue weighted by Gasteiger charge is -2.22. The molecule has 0 heterocycles. The molecule has 1 aromatic carbocycles. The maximum Gasteiger partial charge on any atom is 0.337 e. The van der Waals surface area contributed by atoms with Crippen molar-refractivity contribution in [2.24, 2.45) is 5.41 Å². The summed E-state index contributed by atoms with van der Waals surface area (Å²) in [5.41, 5.74) is -0.755. The van der Waals surface area contributed by atoms with Gasteiger partial charge in [-0.15, -0.1) is 0 Å². The highest BCUT2D eigenvalue weighted by atomic mass is 19.1. The number of anilines is 1. The molecule has 1 amide bonds. The van der Waals surface area contributed by atoms with Gasteiger partial charge in [0.05, 0.1) is 11.3 Å². The highest BCUT2D eigenvalue weighted by Gasteiger charge is 2.26. The van der Waals surface area contributed by atoms with Crippen LogP contribution in [0.25, 0.3) is 0 Å². The highest BCUT2D eigenvalue weighted by molar-refractivity contribution is 6.02. The molecule has 0 aliphatic heterocycles. The lowest BCUT2D eigenvalue weighted by atomic mass is 9.89. The van der Waals surface area contributed by atoms with Gasteiger partial charge < -0.3 is 10.4 Å². The van der Waals surface area contributed by atoms with Crippen molar-refractivity contribution in [2.75, 3.05) is 5.32 Å². The largest absolute Gasteiger partial charge is 0.478 e. The molecule has 0 spiro atoms. The van der Waals surface area contributed by atoms with E-state index in [2.05, 4.69) is 5.32 Å². The van der Waals surface area contributed by atoms with Crippen LogP contribution in [-0.2, 0) is 4.79 Å². The van der Waals surface area contributed by atoms with Gasteiger partial charge in [0.2, 0.25) is 5.91 Å². The van der Waals surface area contributed by atoms with E-state index in [1.54, 1.807) is 13.8 Å². The van der Waals surface area contributed by atoms with Gasteiger partial charge in [0, 0.05) is 5.41 Å². The molecule has 0 fully saturated rings. The molecule has 0 aliphatic carbocycles. The SMILES string of the molecule is CCC(C)(C)C(=O)Nc1ccc(F)cc1C(=O)O. The molecule has 0 saturated heterocycles. The summed E-state index contributed by atoms with van der Waals surface area (Å²) in [6, 6.07) is 3.25. The van der Waals surface area contributed by atoms with Crippen LogP contribution in [0.5, 0.6) is 0 Å². The Balaban J connectivity index is 3.05. The summed E-state index contributed by atoms with van der Waals surface area (Å²) in [6.45, 7) is 5.38. The topological polar surface area (TPSA) is 66.4 Å². The van der Waals surface area contributed by atoms with Gasteiger partial charge in [0.25, 0.3) is 0 Å². The second-order valence-electron chi connectivity index (χ2n) is 4.69. The Labute approximate surface area is 105 Å². The molecule has 0 radical (unpaired) electrons. The van der Waals surface area contributed by atoms with E-state index in [1.165, 1.54) is 6.07 Å². The maximum atomic E-state index is 13.0. The van der Waals surface area contributed by atoms with Crippen molar-refractivity contribution >= 4 is 17.6 Å². The van der Waals surface area contributed by atoms with Gasteiger partial charge in [-0.3, -0.25) is 4.79 Å². The fourth-order valence-corrected chi connectivity index (χ4v) is 1.25. The molecule has 18 heavy (non-hydrogen) atoms. The van der Waals surface area contributed by atoms with Gasteiger partial charge in [-0.25, -0.2) is 9.18 Å². The Morgan fingerprint density at radius 3 is 2.50 bits per heavy atom. The van der Waals surface area contributed by atoms with Crippen LogP contribution in [-0.4, -0.2) is 17.0 Å². The van der Waals surface area contributed by atoms with Crippen LogP contribution in [0.3, 0.4) is 0 Å². The number of carbonyl (C=O) groups is 2. The monoisotopic (exact) mass is 253 g/mol. The van der Waals surface area contributed by atoms with Crippen LogP contribution in [0.4, 0.5) is 10.1 Å². The molecule has 98 valence electrons. The van der Waals surface area contributed by atoms with Crippen LogP contribution in [0.2, 0.25) is 0 Å². The first-order chi connectivity index (χ1) is 8.27. The minimum atomic E-state index is -1.28. The normalized spacial score (nSPS) is 11.1. The van der Waals surface area contributed by atoms with Crippen molar-refractivity contribution < 1.29 is 19.1 Å². The van der Waals surface area contributed by atoms with Crippen LogP contribution >= 0.6 is 0 Å². The molecule has 2 N–H and O–H groups in total. The molecule has 0 atom stereocenters. The first-order valence-electron chi connectivity index (χ1n) is 5.62. The zero-order valence-electron chi connectivity index (χ0n) is 10.6. The number of carbonyl (C=O) groups excluding carboxylic acids is 1. The fourth-order valence-electron chi connectivity index (χ4n) is 1.25. The summed E-state index contributed by atoms with van der Waals surface area (Å²) in [5, 5.41) is 11.5. The van der Waals surface area contributed by atoms with Gasteiger partial charge in [0.15, 0.2) is 0 Å². The molecular weight excluding hydrogens is 237 g/mol. The molecule has 0 aromatic heterocycles. The average molecular weight is 253 g/mol. The van der Waals surface area contributed by atoms with E-state index in [4.69, 9.17) is 5.11 Å². The van der Waals surface area contributed by atoms with E-state index in [1.807, 2.05) is 6.92 Å². The predicted molar refractivity (Wildman–Crippen MR) is 66.1 cm³/mol. The molecule has 0 saturated carbocycles. The Morgan fingerprint density at radius 2 is 2.00 bits per heavy atom. The Morgan fingerprint density at radius 1 is 1.39 bits per heavy atom. The van der Waals surface area contributed by atoms with Crippen molar-refractivity contribution in [3.8, 4) is 0 Å². The van der Waals surface area contributed by atoms with E-state index in [0.29, 0.717) is 6.42 Å². The second-order valence-corrected chi connectivity index (χ2v) is 4.69. The number of amides is 1. The van der Waals surface area contributed by atoms with Gasteiger partial charge in [0.1, 0.15) is 5.82 Å². The van der Waals surface area contributed by atoms with Crippen molar-refractivity contribution in [1.29, 1.82) is 0 Å². The number of hydrogen-bond donors (Lipinski definition) is 2. The Hall–Kier alpha value is -1.91. The zero-order chi connectivity index (χ0) is 13.9. The van der Waals surface area contributed by atoms with Crippen LogP contribution in [0, 0.1) is 11.2 Å². The second kappa shape index (κ2) is 5.16. The van der Waals surface area contributed by atoms with E-state index in [9.17, 15) is 14.0 Å². The lowest BCUT2D eigenvalue weighted by molar-refractivity contribution is -0.124. The number of halogens is 1. The number of rotatable bonds is 4. The Bertz CT molecular complexity index is 483. The molecule has 0 aliphatic rings. The Kier molecular flexibility index (Phi) is 4.06. The maximum absolute atomic E-state index is 13.0. The van der Waals surface area contributed by atoms with Gasteiger partial charge in [-0.05, 0) is 24.6 Å². The smallest absolute Gasteiger partial charge is 0.337 e. The van der Waals surface area contributed by atoms with Crippen molar-refractivity contribution in [1.82, 2.24) is 0 Å². The first-order valence-corrected chi connectivity index (χ1v) is 5.62. The zero-order valence-corrected chi connectivity index (χ0v) is 10.6. The molecule has 0 unspecified atom stereocenters. The van der Waals surface area contributed by atoms with E-state index < -0.39 is 17.2 Å². The third kappa shape index (κ3) is 3.06. The first kappa shape index (κ1) is 14.2. The summed E-state index contributed by atoms with van der Waals surface area (Å²) < 4.78 is 13.0. The van der Waals surface area contributed by atoms with Gasteiger partial charge >= 0.3 is 5.97 Å². The molecule has 5 heteroatoms. The number of nitrogens with one attached hydrogen (secondary N) is 1. The average Bonchev–Trinajstić information content (AvgIpc) is 2.31. The lowest BCUT2D eigenvalue weighted by Crippen LogP contribution is -2.30. The van der Waals surface area contributed by atoms with Gasteiger partial charge in [-0.2, -0.15) is 0 Å². The van der Waals surface area contributed by atoms with Crippen LogP contribution < -0.4 is 5.32 Å². The third-order valence-corrected chi connectivity index (χ3v) is 2.96.